The summed E-state index contributed by atoms with van der Waals surface area (Å²) in [6, 6.07) is -0.812. The fraction of sp³-hybridized carbons (Fsp3) is 0.857. The Hall–Kier alpha value is -1.33. The molecule has 0 aliphatic carbocycles. The maximum atomic E-state index is 12.8. The number of unbranched alkanes of at least 4 members (excludes halogenated alkanes) is 15. The van der Waals surface area contributed by atoms with E-state index in [-0.39, 0.29) is 12.5 Å². The summed E-state index contributed by atoms with van der Waals surface area (Å²) in [6.07, 6.45) is 20.9. The zero-order chi connectivity index (χ0) is 32.4. The average Bonchev–Trinajstić information content (AvgIpc) is 3.02. The van der Waals surface area contributed by atoms with E-state index in [2.05, 4.69) is 31.3 Å². The van der Waals surface area contributed by atoms with E-state index in [1.165, 1.54) is 77.0 Å². The number of rotatable bonds is 27. The van der Waals surface area contributed by atoms with Crippen LogP contribution in [0.1, 0.15) is 136 Å². The minimum Gasteiger partial charge on any atom is -0.394 e. The van der Waals surface area contributed by atoms with Crippen molar-refractivity contribution in [3.05, 3.63) is 24.3 Å². The number of aliphatic hydroxyl groups excluding tert-OH is 5. The van der Waals surface area contributed by atoms with Crippen LogP contribution in [0, 0.1) is 0 Å². The third-order valence-corrected chi connectivity index (χ3v) is 8.28. The number of ether oxygens (including phenoxy) is 2. The number of allylic oxidation sites excluding steroid dienone is 3. The highest BCUT2D eigenvalue weighted by Gasteiger charge is 2.44. The fourth-order valence-electron chi connectivity index (χ4n) is 5.34. The first-order chi connectivity index (χ1) is 21.3. The van der Waals surface area contributed by atoms with Gasteiger partial charge in [-0.3, -0.25) is 4.79 Å². The van der Waals surface area contributed by atoms with E-state index in [1.54, 1.807) is 6.08 Å². The van der Waals surface area contributed by atoms with E-state index < -0.39 is 49.5 Å². The van der Waals surface area contributed by atoms with Gasteiger partial charge in [-0.25, -0.2) is 0 Å². The van der Waals surface area contributed by atoms with Gasteiger partial charge in [-0.05, 0) is 32.1 Å². The molecule has 0 spiro atoms. The maximum Gasteiger partial charge on any atom is 0.220 e. The van der Waals surface area contributed by atoms with Crippen LogP contribution >= 0.6 is 0 Å². The maximum absolute atomic E-state index is 12.8. The SMILES string of the molecule is CCCCC/C=C/CC/C=C/C(O)C(COC1OC(CO)C(O)C(O)C1O)NC(=O)CCCCCCCCCCCCCC. The third kappa shape index (κ3) is 18.6. The van der Waals surface area contributed by atoms with Crippen LogP contribution in [-0.4, -0.2) is 87.5 Å². The quantitative estimate of drug-likeness (QED) is 0.0537. The van der Waals surface area contributed by atoms with E-state index in [4.69, 9.17) is 9.47 Å². The molecule has 1 fully saturated rings. The van der Waals surface area contributed by atoms with Gasteiger partial charge >= 0.3 is 0 Å². The van der Waals surface area contributed by atoms with Crippen LogP contribution in [0.5, 0.6) is 0 Å². The van der Waals surface area contributed by atoms with Crippen molar-refractivity contribution >= 4 is 5.91 Å². The predicted octanol–water partition coefficient (Wildman–Crippen LogP) is 5.21. The molecule has 1 aliphatic rings. The van der Waals surface area contributed by atoms with Crippen molar-refractivity contribution in [3.63, 3.8) is 0 Å². The molecule has 1 aliphatic heterocycles. The summed E-state index contributed by atoms with van der Waals surface area (Å²) in [5, 5.41) is 53.6. The monoisotopic (exact) mass is 627 g/mol. The molecule has 9 heteroatoms. The van der Waals surface area contributed by atoms with E-state index in [1.807, 2.05) is 6.08 Å². The van der Waals surface area contributed by atoms with Crippen molar-refractivity contribution in [1.82, 2.24) is 5.32 Å². The third-order valence-electron chi connectivity index (χ3n) is 8.28. The first-order valence-electron chi connectivity index (χ1n) is 17.6. The number of hydrogen-bond acceptors (Lipinski definition) is 8. The van der Waals surface area contributed by atoms with Crippen LogP contribution in [0.25, 0.3) is 0 Å². The Morgan fingerprint density at radius 2 is 1.30 bits per heavy atom. The number of hydrogen-bond donors (Lipinski definition) is 6. The molecule has 0 radical (unpaired) electrons. The zero-order valence-electron chi connectivity index (χ0n) is 27.7. The van der Waals surface area contributed by atoms with Crippen LogP contribution in [0.2, 0.25) is 0 Å². The Labute approximate surface area is 267 Å². The van der Waals surface area contributed by atoms with Gasteiger partial charge in [0, 0.05) is 6.42 Å². The van der Waals surface area contributed by atoms with Crippen molar-refractivity contribution in [2.45, 2.75) is 179 Å². The Kier molecular flexibility index (Phi) is 24.8. The molecular formula is C35H65NO8. The first kappa shape index (κ1) is 40.7. The summed E-state index contributed by atoms with van der Waals surface area (Å²) in [5.74, 6) is -0.193. The van der Waals surface area contributed by atoms with Gasteiger partial charge < -0.3 is 40.3 Å². The molecule has 0 aromatic rings. The second-order valence-electron chi connectivity index (χ2n) is 12.3. The topological polar surface area (TPSA) is 149 Å². The van der Waals surface area contributed by atoms with Crippen LogP contribution < -0.4 is 5.32 Å². The van der Waals surface area contributed by atoms with Gasteiger partial charge in [-0.15, -0.1) is 0 Å². The van der Waals surface area contributed by atoms with Crippen molar-refractivity contribution in [1.29, 1.82) is 0 Å². The summed E-state index contributed by atoms with van der Waals surface area (Å²) in [6.45, 7) is 3.66. The van der Waals surface area contributed by atoms with E-state index >= 15 is 0 Å². The van der Waals surface area contributed by atoms with Crippen LogP contribution in [0.4, 0.5) is 0 Å². The Balaban J connectivity index is 2.51. The molecule has 0 aromatic carbocycles. The van der Waals surface area contributed by atoms with Crippen LogP contribution in [0.3, 0.4) is 0 Å². The lowest BCUT2D eigenvalue weighted by Crippen LogP contribution is -2.60. The molecule has 1 amide bonds. The minimum atomic E-state index is -1.57. The molecule has 1 saturated heterocycles. The van der Waals surface area contributed by atoms with Crippen molar-refractivity contribution in [2.24, 2.45) is 0 Å². The van der Waals surface area contributed by atoms with Gasteiger partial charge in [0.15, 0.2) is 6.29 Å². The molecule has 44 heavy (non-hydrogen) atoms. The van der Waals surface area contributed by atoms with E-state index in [0.29, 0.717) is 6.42 Å². The van der Waals surface area contributed by atoms with Gasteiger partial charge in [-0.1, -0.05) is 122 Å². The summed E-state index contributed by atoms with van der Waals surface area (Å²) >= 11 is 0. The highest BCUT2D eigenvalue weighted by Crippen LogP contribution is 2.22. The Morgan fingerprint density at radius 1 is 0.750 bits per heavy atom. The fourth-order valence-corrected chi connectivity index (χ4v) is 5.34. The summed E-state index contributed by atoms with van der Waals surface area (Å²) in [7, 11) is 0. The summed E-state index contributed by atoms with van der Waals surface area (Å²) < 4.78 is 11.1. The standard InChI is InChI=1S/C35H65NO8/c1-3-5-7-9-11-13-14-15-17-19-21-23-25-31(39)36-28(29(38)24-22-20-18-16-12-10-8-6-4-2)27-43-35-34(42)33(41)32(40)30(26-37)44-35/h12,16,22,24,28-30,32-35,37-38,40-42H,3-11,13-15,17-21,23,25-27H2,1-2H3,(H,36,39)/b16-12+,24-22+. The molecule has 0 bridgehead atoms. The van der Waals surface area contributed by atoms with Gasteiger partial charge in [-0.2, -0.15) is 0 Å². The molecule has 1 heterocycles. The van der Waals surface area contributed by atoms with Gasteiger partial charge in [0.25, 0.3) is 0 Å². The van der Waals surface area contributed by atoms with E-state index in [9.17, 15) is 30.3 Å². The normalized spacial score (nSPS) is 23.8. The molecule has 6 N–H and O–H groups in total. The second kappa shape index (κ2) is 26.8. The second-order valence-corrected chi connectivity index (χ2v) is 12.3. The summed E-state index contributed by atoms with van der Waals surface area (Å²) in [4.78, 5) is 12.8. The molecule has 1 rings (SSSR count). The van der Waals surface area contributed by atoms with E-state index in [0.717, 1.165) is 38.5 Å². The minimum absolute atomic E-state index is 0.193. The molecule has 9 nitrogen and oxygen atoms in total. The lowest BCUT2D eigenvalue weighted by Gasteiger charge is -2.40. The van der Waals surface area contributed by atoms with Crippen LogP contribution in [-0.2, 0) is 14.3 Å². The smallest absolute Gasteiger partial charge is 0.220 e. The number of nitrogens with one attached hydrogen (secondary N) is 1. The molecule has 7 unspecified atom stereocenters. The lowest BCUT2D eigenvalue weighted by molar-refractivity contribution is -0.302. The Morgan fingerprint density at radius 3 is 1.91 bits per heavy atom. The van der Waals surface area contributed by atoms with Crippen LogP contribution in [0.15, 0.2) is 24.3 Å². The van der Waals surface area contributed by atoms with Crippen molar-refractivity contribution in [2.75, 3.05) is 13.2 Å². The number of carbonyl (C=O) groups is 1. The molecule has 0 saturated carbocycles. The first-order valence-corrected chi connectivity index (χ1v) is 17.6. The molecular weight excluding hydrogens is 562 g/mol. The number of amides is 1. The van der Waals surface area contributed by atoms with Gasteiger partial charge in [0.2, 0.25) is 5.91 Å². The van der Waals surface area contributed by atoms with Crippen molar-refractivity contribution < 1.29 is 39.8 Å². The van der Waals surface area contributed by atoms with Gasteiger partial charge in [0.1, 0.15) is 24.4 Å². The predicted molar refractivity (Wildman–Crippen MR) is 175 cm³/mol. The Bertz CT molecular complexity index is 746. The molecule has 0 aromatic heterocycles. The highest BCUT2D eigenvalue weighted by atomic mass is 16.7. The zero-order valence-corrected chi connectivity index (χ0v) is 27.7. The largest absolute Gasteiger partial charge is 0.394 e. The summed E-state index contributed by atoms with van der Waals surface area (Å²) in [5.41, 5.74) is 0. The lowest BCUT2D eigenvalue weighted by atomic mass is 9.99. The number of carbonyl (C=O) groups excluding carboxylic acids is 1. The molecule has 7 atom stereocenters. The van der Waals surface area contributed by atoms with Crippen molar-refractivity contribution in [3.8, 4) is 0 Å². The molecule has 258 valence electrons. The number of aliphatic hydroxyl groups is 5. The van der Waals surface area contributed by atoms with Gasteiger partial charge in [0.05, 0.1) is 25.4 Å². The highest BCUT2D eigenvalue weighted by molar-refractivity contribution is 5.76. The average molecular weight is 628 g/mol.